The Bertz CT molecular complexity index is 592. The molecule has 112 valence electrons. The highest BCUT2D eigenvalue weighted by Crippen LogP contribution is 2.32. The van der Waals surface area contributed by atoms with Gasteiger partial charge in [0.1, 0.15) is 0 Å². The topological polar surface area (TPSA) is 109 Å². The zero-order chi connectivity index (χ0) is 15.0. The monoisotopic (exact) mass is 292 g/mol. The first-order valence-electron chi connectivity index (χ1n) is 6.94. The maximum absolute atomic E-state index is 11.1. The van der Waals surface area contributed by atoms with Crippen LogP contribution in [0.4, 0.5) is 11.5 Å². The molecular formula is C13H16N4O4. The molecule has 2 atom stereocenters. The van der Waals surface area contributed by atoms with E-state index in [2.05, 4.69) is 15.2 Å². The highest BCUT2D eigenvalue weighted by Gasteiger charge is 2.38. The second kappa shape index (κ2) is 5.28. The van der Waals surface area contributed by atoms with Crippen molar-refractivity contribution < 1.29 is 14.8 Å². The maximum atomic E-state index is 11.1. The molecule has 2 aliphatic rings. The third kappa shape index (κ3) is 2.54. The second-order valence-corrected chi connectivity index (χ2v) is 5.44. The van der Waals surface area contributed by atoms with E-state index in [1.165, 1.54) is 0 Å². The van der Waals surface area contributed by atoms with E-state index in [4.69, 9.17) is 5.11 Å². The highest BCUT2D eigenvalue weighted by atomic mass is 16.6. The van der Waals surface area contributed by atoms with E-state index in [1.807, 2.05) is 0 Å². The fraction of sp³-hybridized carbons (Fsp3) is 0.538. The van der Waals surface area contributed by atoms with Crippen LogP contribution in [0, 0.1) is 10.1 Å². The molecule has 3 rings (SSSR count). The summed E-state index contributed by atoms with van der Waals surface area (Å²) in [7, 11) is 0. The Morgan fingerprint density at radius 3 is 3.00 bits per heavy atom. The number of carboxylic acids is 1. The van der Waals surface area contributed by atoms with Gasteiger partial charge in [-0.15, -0.1) is 0 Å². The van der Waals surface area contributed by atoms with E-state index < -0.39 is 10.9 Å². The first kappa shape index (κ1) is 13.7. The van der Waals surface area contributed by atoms with Crippen LogP contribution in [-0.4, -0.2) is 51.1 Å². The summed E-state index contributed by atoms with van der Waals surface area (Å²) in [6.07, 6.45) is 4.30. The number of nitrogens with one attached hydrogen (secondary N) is 1. The van der Waals surface area contributed by atoms with Crippen molar-refractivity contribution in [1.82, 2.24) is 9.88 Å². The third-order valence-electron chi connectivity index (χ3n) is 4.24. The lowest BCUT2D eigenvalue weighted by Gasteiger charge is -2.21. The van der Waals surface area contributed by atoms with Gasteiger partial charge in [-0.2, -0.15) is 0 Å². The average Bonchev–Trinajstić information content (AvgIpc) is 3.03. The molecule has 0 radical (unpaired) electrons. The van der Waals surface area contributed by atoms with E-state index in [0.717, 1.165) is 44.6 Å². The van der Waals surface area contributed by atoms with Crippen molar-refractivity contribution in [2.75, 3.05) is 18.4 Å². The third-order valence-corrected chi connectivity index (χ3v) is 4.24. The number of nitrogens with zero attached hydrogens (tertiary/aromatic N) is 3. The number of hydrogen-bond acceptors (Lipinski definition) is 6. The molecule has 0 spiro atoms. The summed E-state index contributed by atoms with van der Waals surface area (Å²) >= 11 is 0. The molecule has 0 saturated carbocycles. The van der Waals surface area contributed by atoms with Gasteiger partial charge in [0.2, 0.25) is 5.82 Å². The van der Waals surface area contributed by atoms with Gasteiger partial charge in [0, 0.05) is 30.9 Å². The molecule has 2 fully saturated rings. The summed E-state index contributed by atoms with van der Waals surface area (Å²) in [5, 5.41) is 23.2. The Labute approximate surface area is 120 Å². The van der Waals surface area contributed by atoms with Crippen molar-refractivity contribution in [3.05, 3.63) is 27.9 Å². The Morgan fingerprint density at radius 1 is 1.48 bits per heavy atom. The first-order chi connectivity index (χ1) is 10.1. The second-order valence-electron chi connectivity index (χ2n) is 5.44. The first-order valence-corrected chi connectivity index (χ1v) is 6.94. The van der Waals surface area contributed by atoms with Crippen molar-refractivity contribution in [2.24, 2.45) is 0 Å². The number of nitro groups is 1. The van der Waals surface area contributed by atoms with Gasteiger partial charge in [-0.3, -0.25) is 15.0 Å². The quantitative estimate of drug-likeness (QED) is 0.636. The van der Waals surface area contributed by atoms with Crippen LogP contribution < -0.4 is 5.32 Å². The molecule has 8 nitrogen and oxygen atoms in total. The maximum Gasteiger partial charge on any atom is 0.337 e. The molecule has 2 N–H and O–H groups in total. The normalized spacial score (nSPS) is 24.8. The van der Waals surface area contributed by atoms with Crippen LogP contribution in [0.15, 0.2) is 12.3 Å². The molecule has 0 aromatic carbocycles. The summed E-state index contributed by atoms with van der Waals surface area (Å²) < 4.78 is 0. The summed E-state index contributed by atoms with van der Waals surface area (Å²) in [5.74, 6) is -1.07. The van der Waals surface area contributed by atoms with Crippen molar-refractivity contribution in [3.63, 3.8) is 0 Å². The number of pyridine rings is 1. The number of carbonyl (C=O) groups is 1. The van der Waals surface area contributed by atoms with Crippen LogP contribution in [0.5, 0.6) is 0 Å². The van der Waals surface area contributed by atoms with Gasteiger partial charge in [0.15, 0.2) is 0 Å². The summed E-state index contributed by atoms with van der Waals surface area (Å²) in [5.41, 5.74) is -0.465. The number of aromatic carboxylic acids is 1. The van der Waals surface area contributed by atoms with Gasteiger partial charge >= 0.3 is 11.7 Å². The van der Waals surface area contributed by atoms with Crippen LogP contribution >= 0.6 is 0 Å². The predicted octanol–water partition coefficient (Wildman–Crippen LogP) is 1.34. The molecule has 2 saturated heterocycles. The number of carboxylic acid groups (broad SMARTS) is 1. The average molecular weight is 292 g/mol. The number of rotatable bonds is 4. The van der Waals surface area contributed by atoms with Gasteiger partial charge in [-0.25, -0.2) is 9.78 Å². The molecule has 2 unspecified atom stereocenters. The minimum Gasteiger partial charge on any atom is -0.478 e. The number of fused-ring (bicyclic) bond motifs is 1. The largest absolute Gasteiger partial charge is 0.478 e. The Balaban J connectivity index is 1.84. The SMILES string of the molecule is O=C(O)c1cnc(NC2CCN3CCCC23)c([N+](=O)[O-])c1. The molecule has 3 heterocycles. The van der Waals surface area contributed by atoms with Crippen molar-refractivity contribution in [3.8, 4) is 0 Å². The number of anilines is 1. The molecule has 0 amide bonds. The minimum absolute atomic E-state index is 0.134. The number of aromatic nitrogens is 1. The molecule has 21 heavy (non-hydrogen) atoms. The summed E-state index contributed by atoms with van der Waals surface area (Å²) in [6, 6.07) is 1.58. The van der Waals surface area contributed by atoms with E-state index in [-0.39, 0.29) is 23.1 Å². The molecule has 1 aromatic rings. The fourth-order valence-corrected chi connectivity index (χ4v) is 3.25. The van der Waals surface area contributed by atoms with Crippen LogP contribution in [0.3, 0.4) is 0 Å². The van der Waals surface area contributed by atoms with Gasteiger partial charge in [0.25, 0.3) is 0 Å². The van der Waals surface area contributed by atoms with Crippen molar-refractivity contribution in [1.29, 1.82) is 0 Å². The van der Waals surface area contributed by atoms with E-state index >= 15 is 0 Å². The van der Waals surface area contributed by atoms with Crippen molar-refractivity contribution in [2.45, 2.75) is 31.3 Å². The van der Waals surface area contributed by atoms with Gasteiger partial charge in [-0.1, -0.05) is 0 Å². The molecular weight excluding hydrogens is 276 g/mol. The zero-order valence-corrected chi connectivity index (χ0v) is 11.4. The standard InChI is InChI=1S/C13H16N4O4/c18-13(19)8-6-11(17(20)21)12(14-7-8)15-9-3-5-16-4-1-2-10(9)16/h6-7,9-10H,1-5H2,(H,14,15)(H,18,19). The smallest absolute Gasteiger partial charge is 0.337 e. The molecule has 0 aliphatic carbocycles. The molecule has 1 aromatic heterocycles. The Kier molecular flexibility index (Phi) is 3.46. The lowest BCUT2D eigenvalue weighted by atomic mass is 10.1. The predicted molar refractivity (Wildman–Crippen MR) is 74.5 cm³/mol. The zero-order valence-electron chi connectivity index (χ0n) is 11.4. The van der Waals surface area contributed by atoms with E-state index in [0.29, 0.717) is 6.04 Å². The highest BCUT2D eigenvalue weighted by molar-refractivity contribution is 5.88. The lowest BCUT2D eigenvalue weighted by Crippen LogP contribution is -2.34. The molecule has 8 heteroatoms. The summed E-state index contributed by atoms with van der Waals surface area (Å²) in [6.45, 7) is 2.07. The van der Waals surface area contributed by atoms with Crippen LogP contribution in [0.1, 0.15) is 29.6 Å². The number of hydrogen-bond donors (Lipinski definition) is 2. The Hall–Kier alpha value is -2.22. The minimum atomic E-state index is -1.22. The molecule has 0 bridgehead atoms. The van der Waals surface area contributed by atoms with Crippen LogP contribution in [0.25, 0.3) is 0 Å². The fourth-order valence-electron chi connectivity index (χ4n) is 3.25. The Morgan fingerprint density at radius 2 is 2.29 bits per heavy atom. The van der Waals surface area contributed by atoms with Crippen molar-refractivity contribution >= 4 is 17.5 Å². The molecule has 2 aliphatic heterocycles. The summed E-state index contributed by atoms with van der Waals surface area (Å²) in [4.78, 5) is 27.7. The van der Waals surface area contributed by atoms with E-state index in [1.54, 1.807) is 0 Å². The van der Waals surface area contributed by atoms with Crippen LogP contribution in [0.2, 0.25) is 0 Å². The van der Waals surface area contributed by atoms with Crippen LogP contribution in [-0.2, 0) is 0 Å². The van der Waals surface area contributed by atoms with E-state index in [9.17, 15) is 14.9 Å². The van der Waals surface area contributed by atoms with Gasteiger partial charge in [0.05, 0.1) is 10.5 Å². The van der Waals surface area contributed by atoms with Gasteiger partial charge in [-0.05, 0) is 25.8 Å². The lowest BCUT2D eigenvalue weighted by molar-refractivity contribution is -0.384. The van der Waals surface area contributed by atoms with Gasteiger partial charge < -0.3 is 10.4 Å².